The van der Waals surface area contributed by atoms with E-state index in [4.69, 9.17) is 9.72 Å². The van der Waals surface area contributed by atoms with Gasteiger partial charge in [-0.2, -0.15) is 0 Å². The molecule has 1 amide bonds. The van der Waals surface area contributed by atoms with Gasteiger partial charge in [0, 0.05) is 41.2 Å². The smallest absolute Gasteiger partial charge is 0.254 e. The fraction of sp³-hybridized carbons (Fsp3) is 0.633. The number of carbonyl (C=O) groups excluding carboxylic acids is 1. The van der Waals surface area contributed by atoms with Gasteiger partial charge in [0.05, 0.1) is 18.4 Å². The minimum atomic E-state index is 0.130. The number of benzene rings is 1. The maximum Gasteiger partial charge on any atom is 0.254 e. The maximum atomic E-state index is 13.6. The predicted octanol–water partition coefficient (Wildman–Crippen LogP) is 6.58. The number of anilines is 1. The number of piperidine rings is 2. The number of amides is 1. The lowest BCUT2D eigenvalue weighted by molar-refractivity contribution is 0.0120. The van der Waals surface area contributed by atoms with Crippen molar-refractivity contribution in [2.24, 2.45) is 17.3 Å². The van der Waals surface area contributed by atoms with Gasteiger partial charge in [-0.05, 0) is 87.3 Å². The highest BCUT2D eigenvalue weighted by Crippen LogP contribution is 2.41. The molecule has 1 aliphatic carbocycles. The Labute approximate surface area is 215 Å². The first-order valence-corrected chi connectivity index (χ1v) is 13.8. The molecule has 3 aliphatic rings. The highest BCUT2D eigenvalue weighted by molar-refractivity contribution is 5.98. The van der Waals surface area contributed by atoms with Crippen molar-refractivity contribution < 1.29 is 9.53 Å². The molecular formula is C30H42N4O2. The van der Waals surface area contributed by atoms with Gasteiger partial charge >= 0.3 is 0 Å². The van der Waals surface area contributed by atoms with E-state index >= 15 is 0 Å². The molecule has 0 spiro atoms. The van der Waals surface area contributed by atoms with E-state index in [9.17, 15) is 4.79 Å². The monoisotopic (exact) mass is 490 g/mol. The summed E-state index contributed by atoms with van der Waals surface area (Å²) in [7, 11) is 1.70. The van der Waals surface area contributed by atoms with Gasteiger partial charge in [-0.25, -0.2) is 9.97 Å². The van der Waals surface area contributed by atoms with E-state index in [0.29, 0.717) is 23.3 Å². The molecule has 1 aromatic carbocycles. The Morgan fingerprint density at radius 1 is 1.08 bits per heavy atom. The third-order valence-electron chi connectivity index (χ3n) is 9.04. The van der Waals surface area contributed by atoms with Crippen LogP contribution in [0.3, 0.4) is 0 Å². The number of hydrogen-bond donors (Lipinski definition) is 1. The van der Waals surface area contributed by atoms with Gasteiger partial charge in [-0.1, -0.05) is 27.4 Å². The first kappa shape index (κ1) is 25.0. The normalized spacial score (nSPS) is 28.6. The van der Waals surface area contributed by atoms with Crippen LogP contribution in [-0.2, 0) is 4.74 Å². The Morgan fingerprint density at radius 2 is 1.78 bits per heavy atom. The summed E-state index contributed by atoms with van der Waals surface area (Å²) in [5.41, 5.74) is 1.99. The van der Waals surface area contributed by atoms with Crippen molar-refractivity contribution >= 4 is 22.8 Å². The first-order chi connectivity index (χ1) is 17.2. The van der Waals surface area contributed by atoms with Crippen LogP contribution in [0.25, 0.3) is 10.9 Å². The van der Waals surface area contributed by atoms with E-state index in [-0.39, 0.29) is 18.0 Å². The van der Waals surface area contributed by atoms with E-state index < -0.39 is 0 Å². The summed E-state index contributed by atoms with van der Waals surface area (Å²) in [6, 6.07) is 6.82. The third-order valence-corrected chi connectivity index (χ3v) is 9.04. The van der Waals surface area contributed by atoms with Crippen molar-refractivity contribution in [2.45, 2.75) is 96.7 Å². The summed E-state index contributed by atoms with van der Waals surface area (Å²) in [6.07, 6.45) is 11.9. The number of fused-ring (bicyclic) bond motifs is 3. The first-order valence-electron chi connectivity index (χ1n) is 13.8. The van der Waals surface area contributed by atoms with E-state index in [1.807, 2.05) is 24.4 Å². The number of rotatable bonds is 5. The van der Waals surface area contributed by atoms with Crippen LogP contribution in [0.4, 0.5) is 5.95 Å². The van der Waals surface area contributed by atoms with Crippen molar-refractivity contribution in [2.75, 3.05) is 12.4 Å². The van der Waals surface area contributed by atoms with E-state index in [1.54, 1.807) is 7.11 Å². The molecule has 2 unspecified atom stereocenters. The fourth-order valence-corrected chi connectivity index (χ4v) is 6.81. The van der Waals surface area contributed by atoms with Crippen molar-refractivity contribution in [1.82, 2.24) is 14.9 Å². The van der Waals surface area contributed by atoms with E-state index in [0.717, 1.165) is 66.7 Å². The number of aromatic nitrogens is 2. The third kappa shape index (κ3) is 5.09. The molecule has 0 radical (unpaired) electrons. The SMILES string of the molecule is C=C(OC)C1CC2CCCC(C1)N2C(=O)c1ccc2nc(N[C@H]3CC[C@H](C(C)(C)C)CC3)ncc2c1. The Morgan fingerprint density at radius 3 is 2.42 bits per heavy atom. The molecule has 2 saturated heterocycles. The second-order valence-corrected chi connectivity index (χ2v) is 12.3. The van der Waals surface area contributed by atoms with Gasteiger partial charge in [0.15, 0.2) is 0 Å². The summed E-state index contributed by atoms with van der Waals surface area (Å²) in [5, 5.41) is 4.48. The van der Waals surface area contributed by atoms with Crippen molar-refractivity contribution in [3.8, 4) is 0 Å². The van der Waals surface area contributed by atoms with Gasteiger partial charge in [0.2, 0.25) is 5.95 Å². The molecule has 1 N–H and O–H groups in total. The highest BCUT2D eigenvalue weighted by Gasteiger charge is 2.42. The molecule has 36 heavy (non-hydrogen) atoms. The van der Waals surface area contributed by atoms with Crippen molar-refractivity contribution in [3.63, 3.8) is 0 Å². The van der Waals surface area contributed by atoms with Gasteiger partial charge in [-0.3, -0.25) is 4.79 Å². The standard InChI is InChI=1S/C30H42N4O2/c1-19(36-5)21-16-25-7-6-8-26(17-21)34(25)28(35)20-9-14-27-22(15-20)18-31-29(33-27)32-24-12-10-23(11-13-24)30(2,3)4/h9,14-15,18,21,23-26H,1,6-8,10-13,16-17H2,2-5H3,(H,31,32,33)/t21?,23-,24-,25?,26?. The molecule has 1 aromatic heterocycles. The Kier molecular flexibility index (Phi) is 6.97. The minimum Gasteiger partial charge on any atom is -0.501 e. The van der Waals surface area contributed by atoms with E-state index in [1.165, 1.54) is 19.3 Å². The molecule has 2 aliphatic heterocycles. The highest BCUT2D eigenvalue weighted by atomic mass is 16.5. The molecule has 5 rings (SSSR count). The van der Waals surface area contributed by atoms with Crippen LogP contribution in [0, 0.1) is 17.3 Å². The summed E-state index contributed by atoms with van der Waals surface area (Å²) in [5.74, 6) is 2.80. The van der Waals surface area contributed by atoms with Gasteiger partial charge in [0.1, 0.15) is 0 Å². The van der Waals surface area contributed by atoms with Crippen LogP contribution in [-0.4, -0.2) is 46.0 Å². The number of ether oxygens (including phenoxy) is 1. The van der Waals surface area contributed by atoms with Crippen molar-refractivity contribution in [1.29, 1.82) is 0 Å². The Hall–Kier alpha value is -2.63. The van der Waals surface area contributed by atoms with Gasteiger partial charge in [0.25, 0.3) is 5.91 Å². The number of nitrogens with zero attached hydrogens (tertiary/aromatic N) is 3. The van der Waals surface area contributed by atoms with Crippen LogP contribution < -0.4 is 5.32 Å². The fourth-order valence-electron chi connectivity index (χ4n) is 6.81. The van der Waals surface area contributed by atoms with Crippen LogP contribution in [0.2, 0.25) is 0 Å². The predicted molar refractivity (Wildman–Crippen MR) is 145 cm³/mol. The molecule has 2 atom stereocenters. The number of methoxy groups -OCH3 is 1. The molecule has 1 saturated carbocycles. The summed E-state index contributed by atoms with van der Waals surface area (Å²) in [4.78, 5) is 25.2. The molecule has 2 aromatic rings. The Balaban J connectivity index is 1.27. The zero-order valence-electron chi connectivity index (χ0n) is 22.4. The van der Waals surface area contributed by atoms with Crippen LogP contribution in [0.15, 0.2) is 36.7 Å². The van der Waals surface area contributed by atoms with Crippen LogP contribution >= 0.6 is 0 Å². The zero-order chi connectivity index (χ0) is 25.4. The molecule has 3 heterocycles. The summed E-state index contributed by atoms with van der Waals surface area (Å²) >= 11 is 0. The van der Waals surface area contributed by atoms with Crippen molar-refractivity contribution in [3.05, 3.63) is 42.3 Å². The molecule has 3 fully saturated rings. The number of carbonyl (C=O) groups is 1. The summed E-state index contributed by atoms with van der Waals surface area (Å²) in [6.45, 7) is 11.2. The lowest BCUT2D eigenvalue weighted by Gasteiger charge is -2.49. The second-order valence-electron chi connectivity index (χ2n) is 12.3. The number of hydrogen-bond acceptors (Lipinski definition) is 5. The molecule has 6 nitrogen and oxygen atoms in total. The minimum absolute atomic E-state index is 0.130. The Bertz CT molecular complexity index is 1100. The largest absolute Gasteiger partial charge is 0.501 e. The van der Waals surface area contributed by atoms with E-state index in [2.05, 4.69) is 42.6 Å². The average Bonchev–Trinajstić information content (AvgIpc) is 2.86. The van der Waals surface area contributed by atoms with Crippen LogP contribution in [0.1, 0.15) is 88.9 Å². The second kappa shape index (κ2) is 10.0. The molecule has 2 bridgehead atoms. The van der Waals surface area contributed by atoms with Crippen LogP contribution in [0.5, 0.6) is 0 Å². The topological polar surface area (TPSA) is 67.3 Å². The molecule has 194 valence electrons. The number of nitrogens with one attached hydrogen (secondary N) is 1. The van der Waals surface area contributed by atoms with Gasteiger partial charge in [-0.15, -0.1) is 0 Å². The molecule has 6 heteroatoms. The average molecular weight is 491 g/mol. The lowest BCUT2D eigenvalue weighted by atomic mass is 9.71. The lowest BCUT2D eigenvalue weighted by Crippen LogP contribution is -2.54. The zero-order valence-corrected chi connectivity index (χ0v) is 22.4. The molecular weight excluding hydrogens is 448 g/mol. The quantitative estimate of drug-likeness (QED) is 0.480. The number of allylic oxidation sites excluding steroid dienone is 1. The summed E-state index contributed by atoms with van der Waals surface area (Å²) < 4.78 is 5.44. The van der Waals surface area contributed by atoms with Gasteiger partial charge < -0.3 is 15.0 Å². The maximum absolute atomic E-state index is 13.6.